The van der Waals surface area contributed by atoms with Gasteiger partial charge in [-0.25, -0.2) is 0 Å². The van der Waals surface area contributed by atoms with Crippen molar-refractivity contribution in [1.29, 1.82) is 0 Å². The van der Waals surface area contributed by atoms with Crippen LogP contribution in [0.15, 0.2) is 42.5 Å². The molecule has 22 heavy (non-hydrogen) atoms. The molecule has 0 radical (unpaired) electrons. The van der Waals surface area contributed by atoms with Crippen molar-refractivity contribution in [2.75, 3.05) is 19.5 Å². The fourth-order valence-electron chi connectivity index (χ4n) is 2.03. The number of ether oxygens (including phenoxy) is 2. The van der Waals surface area contributed by atoms with Gasteiger partial charge in [0.05, 0.1) is 20.3 Å². The summed E-state index contributed by atoms with van der Waals surface area (Å²) in [6.45, 7) is 1.69. The number of methoxy groups -OCH3 is 2. The monoisotopic (exact) mass is 301 g/mol. The number of carbonyl (C=O) groups is 1. The smallest absolute Gasteiger partial charge is 0.255 e. The third kappa shape index (κ3) is 3.56. The van der Waals surface area contributed by atoms with E-state index in [1.54, 1.807) is 56.5 Å². The molecule has 0 unspecified atom stereocenters. The van der Waals surface area contributed by atoms with E-state index in [0.717, 1.165) is 5.56 Å². The summed E-state index contributed by atoms with van der Waals surface area (Å²) in [5, 5.41) is 12.3. The highest BCUT2D eigenvalue weighted by atomic mass is 16.5. The first-order valence-electron chi connectivity index (χ1n) is 6.86. The van der Waals surface area contributed by atoms with Crippen molar-refractivity contribution < 1.29 is 19.4 Å². The van der Waals surface area contributed by atoms with E-state index in [9.17, 15) is 9.90 Å². The SMILES string of the molecule is COc1ccc(C(=O)Nc2ccc([C@H](C)O)cc2)cc1OC. The van der Waals surface area contributed by atoms with E-state index in [2.05, 4.69) is 5.32 Å². The van der Waals surface area contributed by atoms with Gasteiger partial charge in [0.1, 0.15) is 0 Å². The van der Waals surface area contributed by atoms with E-state index in [-0.39, 0.29) is 5.91 Å². The summed E-state index contributed by atoms with van der Waals surface area (Å²) in [4.78, 5) is 12.2. The number of nitrogens with one attached hydrogen (secondary N) is 1. The Hall–Kier alpha value is -2.53. The number of amides is 1. The van der Waals surface area contributed by atoms with Crippen molar-refractivity contribution in [2.24, 2.45) is 0 Å². The molecule has 2 aromatic rings. The molecule has 2 rings (SSSR count). The number of aliphatic hydroxyl groups excluding tert-OH is 1. The minimum absolute atomic E-state index is 0.245. The van der Waals surface area contributed by atoms with Crippen molar-refractivity contribution in [3.63, 3.8) is 0 Å². The van der Waals surface area contributed by atoms with Gasteiger partial charge in [0, 0.05) is 11.3 Å². The van der Waals surface area contributed by atoms with Gasteiger partial charge < -0.3 is 19.9 Å². The second-order valence-corrected chi connectivity index (χ2v) is 4.82. The molecule has 0 heterocycles. The molecule has 0 saturated heterocycles. The highest BCUT2D eigenvalue weighted by Gasteiger charge is 2.11. The molecule has 0 fully saturated rings. The van der Waals surface area contributed by atoms with Crippen LogP contribution in [0.25, 0.3) is 0 Å². The van der Waals surface area contributed by atoms with Gasteiger partial charge in [0.2, 0.25) is 0 Å². The molecule has 1 amide bonds. The van der Waals surface area contributed by atoms with Crippen LogP contribution in [0.4, 0.5) is 5.69 Å². The Labute approximate surface area is 129 Å². The molecule has 0 saturated carbocycles. The normalized spacial score (nSPS) is 11.6. The fourth-order valence-corrected chi connectivity index (χ4v) is 2.03. The lowest BCUT2D eigenvalue weighted by Gasteiger charge is -2.11. The number of rotatable bonds is 5. The Morgan fingerprint density at radius 3 is 2.23 bits per heavy atom. The van der Waals surface area contributed by atoms with Gasteiger partial charge in [-0.3, -0.25) is 4.79 Å². The molecule has 5 nitrogen and oxygen atoms in total. The number of hydrogen-bond acceptors (Lipinski definition) is 4. The number of aliphatic hydroxyl groups is 1. The Morgan fingerprint density at radius 2 is 1.68 bits per heavy atom. The maximum Gasteiger partial charge on any atom is 0.255 e. The first-order chi connectivity index (χ1) is 10.5. The second-order valence-electron chi connectivity index (χ2n) is 4.82. The highest BCUT2D eigenvalue weighted by molar-refractivity contribution is 6.04. The van der Waals surface area contributed by atoms with E-state index in [4.69, 9.17) is 9.47 Å². The molecule has 1 atom stereocenters. The molecule has 0 aliphatic rings. The molecule has 0 aliphatic heterocycles. The Kier molecular flexibility index (Phi) is 5.01. The molecule has 116 valence electrons. The maximum absolute atomic E-state index is 12.2. The molecule has 2 aromatic carbocycles. The third-order valence-electron chi connectivity index (χ3n) is 3.30. The Morgan fingerprint density at radius 1 is 1.05 bits per heavy atom. The number of anilines is 1. The van der Waals surface area contributed by atoms with Gasteiger partial charge in [0.15, 0.2) is 11.5 Å². The van der Waals surface area contributed by atoms with Crippen LogP contribution in [-0.4, -0.2) is 25.2 Å². The lowest BCUT2D eigenvalue weighted by atomic mass is 10.1. The maximum atomic E-state index is 12.2. The molecule has 0 bridgehead atoms. The third-order valence-corrected chi connectivity index (χ3v) is 3.30. The number of benzene rings is 2. The van der Waals surface area contributed by atoms with E-state index in [1.807, 2.05) is 0 Å². The summed E-state index contributed by atoms with van der Waals surface area (Å²) in [5.74, 6) is 0.825. The topological polar surface area (TPSA) is 67.8 Å². The van der Waals surface area contributed by atoms with Gasteiger partial charge in [-0.15, -0.1) is 0 Å². The zero-order valence-corrected chi connectivity index (χ0v) is 12.8. The minimum atomic E-state index is -0.532. The lowest BCUT2D eigenvalue weighted by Crippen LogP contribution is -2.12. The number of carbonyl (C=O) groups excluding carboxylic acids is 1. The van der Waals surface area contributed by atoms with Crippen molar-refractivity contribution in [3.8, 4) is 11.5 Å². The summed E-state index contributed by atoms with van der Waals surface area (Å²) in [5.41, 5.74) is 1.92. The van der Waals surface area contributed by atoms with Crippen LogP contribution in [0.5, 0.6) is 11.5 Å². The van der Waals surface area contributed by atoms with Crippen LogP contribution >= 0.6 is 0 Å². The first kappa shape index (κ1) is 15.9. The average molecular weight is 301 g/mol. The molecular formula is C17H19NO4. The van der Waals surface area contributed by atoms with Crippen molar-refractivity contribution >= 4 is 11.6 Å². The predicted octanol–water partition coefficient (Wildman–Crippen LogP) is 3.01. The van der Waals surface area contributed by atoms with Crippen LogP contribution in [0, 0.1) is 0 Å². The van der Waals surface area contributed by atoms with Crippen LogP contribution in [-0.2, 0) is 0 Å². The molecular weight excluding hydrogens is 282 g/mol. The minimum Gasteiger partial charge on any atom is -0.493 e. The van der Waals surface area contributed by atoms with Gasteiger partial charge in [0.25, 0.3) is 5.91 Å². The van der Waals surface area contributed by atoms with Crippen LogP contribution in [0.3, 0.4) is 0 Å². The summed E-state index contributed by atoms with van der Waals surface area (Å²) in [6.07, 6.45) is -0.532. The van der Waals surface area contributed by atoms with Crippen molar-refractivity contribution in [2.45, 2.75) is 13.0 Å². The largest absolute Gasteiger partial charge is 0.493 e. The molecule has 2 N–H and O–H groups in total. The highest BCUT2D eigenvalue weighted by Crippen LogP contribution is 2.28. The summed E-state index contributed by atoms with van der Waals surface area (Å²) >= 11 is 0. The van der Waals surface area contributed by atoms with Crippen molar-refractivity contribution in [1.82, 2.24) is 0 Å². The van der Waals surface area contributed by atoms with Gasteiger partial charge in [-0.05, 0) is 42.8 Å². The first-order valence-corrected chi connectivity index (χ1v) is 6.86. The Bertz CT molecular complexity index is 650. The van der Waals surface area contributed by atoms with Crippen molar-refractivity contribution in [3.05, 3.63) is 53.6 Å². The van der Waals surface area contributed by atoms with Gasteiger partial charge in [-0.2, -0.15) is 0 Å². The summed E-state index contributed by atoms with van der Waals surface area (Å²) in [6, 6.07) is 12.0. The van der Waals surface area contributed by atoms with E-state index >= 15 is 0 Å². The van der Waals surface area contributed by atoms with E-state index < -0.39 is 6.10 Å². The van der Waals surface area contributed by atoms with Crippen LogP contribution < -0.4 is 14.8 Å². The zero-order chi connectivity index (χ0) is 16.1. The van der Waals surface area contributed by atoms with Crippen LogP contribution in [0.2, 0.25) is 0 Å². The van der Waals surface area contributed by atoms with Crippen LogP contribution in [0.1, 0.15) is 28.9 Å². The molecule has 0 aliphatic carbocycles. The van der Waals surface area contributed by atoms with E-state index in [1.165, 1.54) is 7.11 Å². The lowest BCUT2D eigenvalue weighted by molar-refractivity contribution is 0.102. The number of hydrogen-bond donors (Lipinski definition) is 2. The van der Waals surface area contributed by atoms with Gasteiger partial charge >= 0.3 is 0 Å². The molecule has 5 heteroatoms. The Balaban J connectivity index is 2.15. The summed E-state index contributed by atoms with van der Waals surface area (Å²) in [7, 11) is 3.07. The average Bonchev–Trinajstić information content (AvgIpc) is 2.54. The standard InChI is InChI=1S/C17H19NO4/c1-11(19)12-4-7-14(8-5-12)18-17(20)13-6-9-15(21-2)16(10-13)22-3/h4-11,19H,1-3H3,(H,18,20)/t11-/m0/s1. The predicted molar refractivity (Wildman–Crippen MR) is 84.6 cm³/mol. The zero-order valence-electron chi connectivity index (χ0n) is 12.8. The second kappa shape index (κ2) is 6.95. The molecule has 0 aromatic heterocycles. The summed E-state index contributed by atoms with van der Waals surface area (Å²) < 4.78 is 10.3. The molecule has 0 spiro atoms. The van der Waals surface area contributed by atoms with E-state index in [0.29, 0.717) is 22.7 Å². The fraction of sp³-hybridized carbons (Fsp3) is 0.235. The quantitative estimate of drug-likeness (QED) is 0.891. The van der Waals surface area contributed by atoms with Gasteiger partial charge in [-0.1, -0.05) is 12.1 Å².